The summed E-state index contributed by atoms with van der Waals surface area (Å²) in [6.45, 7) is 0.507. The molecule has 4 rings (SSSR count). The molecular weight excluding hydrogens is 352 g/mol. The predicted octanol–water partition coefficient (Wildman–Crippen LogP) is 3.67. The van der Waals surface area contributed by atoms with E-state index in [0.717, 1.165) is 17.5 Å². The topological polar surface area (TPSA) is 50.3 Å². The highest BCUT2D eigenvalue weighted by Crippen LogP contribution is 2.37. The number of rotatable bonds is 4. The van der Waals surface area contributed by atoms with Crippen LogP contribution in [-0.4, -0.2) is 24.3 Å². The molecule has 4 nitrogen and oxygen atoms in total. The van der Waals surface area contributed by atoms with E-state index in [0.29, 0.717) is 17.2 Å². The van der Waals surface area contributed by atoms with Crippen molar-refractivity contribution in [1.82, 2.24) is 9.29 Å². The number of pyridine rings is 1. The molecule has 0 saturated carbocycles. The first-order valence-electron chi connectivity index (χ1n) is 8.18. The van der Waals surface area contributed by atoms with Gasteiger partial charge in [0.1, 0.15) is 4.21 Å². The summed E-state index contributed by atoms with van der Waals surface area (Å²) >= 11 is 1.27. The van der Waals surface area contributed by atoms with Crippen molar-refractivity contribution in [3.63, 3.8) is 0 Å². The lowest BCUT2D eigenvalue weighted by Gasteiger charge is -2.36. The van der Waals surface area contributed by atoms with Gasteiger partial charge >= 0.3 is 0 Å². The summed E-state index contributed by atoms with van der Waals surface area (Å²) in [7, 11) is -3.49. The Labute approximate surface area is 151 Å². The minimum absolute atomic E-state index is 0.195. The van der Waals surface area contributed by atoms with Gasteiger partial charge in [0.15, 0.2) is 0 Å². The molecular formula is C19H18N2O2S2. The van der Waals surface area contributed by atoms with Crippen LogP contribution < -0.4 is 0 Å². The van der Waals surface area contributed by atoms with Crippen LogP contribution >= 0.6 is 11.3 Å². The average molecular weight is 370 g/mol. The van der Waals surface area contributed by atoms with Gasteiger partial charge in [0.2, 0.25) is 0 Å². The van der Waals surface area contributed by atoms with Crippen LogP contribution in [0.15, 0.2) is 70.5 Å². The molecule has 6 heteroatoms. The summed E-state index contributed by atoms with van der Waals surface area (Å²) in [4.78, 5) is 4.06. The smallest absolute Gasteiger partial charge is 0.253 e. The first kappa shape index (κ1) is 16.4. The fourth-order valence-electron chi connectivity index (χ4n) is 3.40. The lowest BCUT2D eigenvalue weighted by atomic mass is 9.90. The second-order valence-corrected chi connectivity index (χ2v) is 9.14. The molecule has 0 saturated heterocycles. The maximum atomic E-state index is 13.2. The van der Waals surface area contributed by atoms with Gasteiger partial charge in [-0.15, -0.1) is 11.3 Å². The molecule has 0 spiro atoms. The van der Waals surface area contributed by atoms with Gasteiger partial charge in [-0.1, -0.05) is 30.3 Å². The number of benzene rings is 1. The molecule has 25 heavy (non-hydrogen) atoms. The van der Waals surface area contributed by atoms with Crippen LogP contribution in [0.1, 0.15) is 22.7 Å². The lowest BCUT2D eigenvalue weighted by Crippen LogP contribution is -2.40. The monoisotopic (exact) mass is 370 g/mol. The van der Waals surface area contributed by atoms with Crippen molar-refractivity contribution in [2.45, 2.75) is 23.1 Å². The van der Waals surface area contributed by atoms with E-state index in [2.05, 4.69) is 17.1 Å². The molecule has 1 atom stereocenters. The van der Waals surface area contributed by atoms with Crippen LogP contribution in [0.3, 0.4) is 0 Å². The summed E-state index contributed by atoms with van der Waals surface area (Å²) < 4.78 is 28.4. The Balaban J connectivity index is 1.78. The SMILES string of the molecule is O=S(=O)(c1cccs1)N1CCc2ccccc2C1Cc1ccncc1. The van der Waals surface area contributed by atoms with Gasteiger partial charge in [-0.25, -0.2) is 8.42 Å². The van der Waals surface area contributed by atoms with Gasteiger partial charge in [0.25, 0.3) is 10.0 Å². The maximum absolute atomic E-state index is 13.2. The van der Waals surface area contributed by atoms with Crippen LogP contribution in [0.4, 0.5) is 0 Å². The van der Waals surface area contributed by atoms with Crippen LogP contribution in [0.2, 0.25) is 0 Å². The third-order valence-corrected chi connectivity index (χ3v) is 7.88. The Morgan fingerprint density at radius 2 is 1.88 bits per heavy atom. The molecule has 0 bridgehead atoms. The molecule has 3 aromatic rings. The van der Waals surface area contributed by atoms with E-state index < -0.39 is 10.0 Å². The van der Waals surface area contributed by atoms with Crippen molar-refractivity contribution < 1.29 is 8.42 Å². The van der Waals surface area contributed by atoms with Gasteiger partial charge in [-0.05, 0) is 53.1 Å². The molecule has 1 aromatic carbocycles. The van der Waals surface area contributed by atoms with E-state index in [-0.39, 0.29) is 6.04 Å². The van der Waals surface area contributed by atoms with Crippen LogP contribution in [0.25, 0.3) is 0 Å². The third kappa shape index (κ3) is 3.13. The molecule has 0 N–H and O–H groups in total. The molecule has 0 fully saturated rings. The Morgan fingerprint density at radius 1 is 1.08 bits per heavy atom. The van der Waals surface area contributed by atoms with Gasteiger partial charge < -0.3 is 0 Å². The third-order valence-electron chi connectivity index (χ3n) is 4.60. The van der Waals surface area contributed by atoms with Gasteiger partial charge in [-0.3, -0.25) is 4.98 Å². The van der Waals surface area contributed by atoms with Crippen LogP contribution in [0, 0.1) is 0 Å². The number of thiophene rings is 1. The van der Waals surface area contributed by atoms with Crippen LogP contribution in [-0.2, 0) is 22.9 Å². The molecule has 0 amide bonds. The van der Waals surface area contributed by atoms with Gasteiger partial charge in [0, 0.05) is 18.9 Å². The zero-order valence-electron chi connectivity index (χ0n) is 13.6. The summed E-state index contributed by atoms with van der Waals surface area (Å²) in [6.07, 6.45) is 4.89. The van der Waals surface area contributed by atoms with E-state index in [1.807, 2.05) is 29.6 Å². The molecule has 0 aliphatic carbocycles. The standard InChI is InChI=1S/C19H18N2O2S2/c22-25(23,19-6-3-13-24-19)21-12-9-16-4-1-2-5-17(16)18(21)14-15-7-10-20-11-8-15/h1-8,10-11,13,18H,9,12,14H2. The Morgan fingerprint density at radius 3 is 2.64 bits per heavy atom. The lowest BCUT2D eigenvalue weighted by molar-refractivity contribution is 0.306. The minimum atomic E-state index is -3.49. The predicted molar refractivity (Wildman–Crippen MR) is 99.0 cm³/mol. The number of nitrogens with zero attached hydrogens (tertiary/aromatic N) is 2. The normalized spacial score (nSPS) is 18.0. The van der Waals surface area contributed by atoms with Gasteiger partial charge in [-0.2, -0.15) is 4.31 Å². The van der Waals surface area contributed by atoms with Crippen molar-refractivity contribution in [3.8, 4) is 0 Å². The molecule has 1 aliphatic rings. The molecule has 128 valence electrons. The highest BCUT2D eigenvalue weighted by atomic mass is 32.2. The number of hydrogen-bond donors (Lipinski definition) is 0. The number of hydrogen-bond acceptors (Lipinski definition) is 4. The maximum Gasteiger partial charge on any atom is 0.253 e. The summed E-state index contributed by atoms with van der Waals surface area (Å²) in [5, 5.41) is 1.81. The van der Waals surface area contributed by atoms with Crippen molar-refractivity contribution in [1.29, 1.82) is 0 Å². The Hall–Kier alpha value is -2.02. The highest BCUT2D eigenvalue weighted by molar-refractivity contribution is 7.91. The van der Waals surface area contributed by atoms with E-state index in [4.69, 9.17) is 0 Å². The largest absolute Gasteiger partial charge is 0.265 e. The molecule has 0 radical (unpaired) electrons. The molecule has 2 aromatic heterocycles. The van der Waals surface area contributed by atoms with E-state index in [9.17, 15) is 8.42 Å². The average Bonchev–Trinajstić information content (AvgIpc) is 3.18. The van der Waals surface area contributed by atoms with Crippen molar-refractivity contribution in [2.75, 3.05) is 6.54 Å². The molecule has 1 aliphatic heterocycles. The van der Waals surface area contributed by atoms with Crippen LogP contribution in [0.5, 0.6) is 0 Å². The first-order chi connectivity index (χ1) is 12.2. The summed E-state index contributed by atoms with van der Waals surface area (Å²) in [6, 6.07) is 15.3. The van der Waals surface area contributed by atoms with Crippen molar-refractivity contribution in [2.24, 2.45) is 0 Å². The molecule has 3 heterocycles. The Kier molecular flexibility index (Phi) is 4.41. The zero-order valence-corrected chi connectivity index (χ0v) is 15.2. The zero-order chi connectivity index (χ0) is 17.3. The molecule has 1 unspecified atom stereocenters. The number of sulfonamides is 1. The van der Waals surface area contributed by atoms with Gasteiger partial charge in [0.05, 0.1) is 6.04 Å². The second-order valence-electron chi connectivity index (χ2n) is 6.07. The first-order valence-corrected chi connectivity index (χ1v) is 10.5. The second kappa shape index (κ2) is 6.71. The van der Waals surface area contributed by atoms with Crippen molar-refractivity contribution >= 4 is 21.4 Å². The quantitative estimate of drug-likeness (QED) is 0.704. The van der Waals surface area contributed by atoms with E-state index in [1.54, 1.807) is 28.8 Å². The highest BCUT2D eigenvalue weighted by Gasteiger charge is 2.36. The number of fused-ring (bicyclic) bond motifs is 1. The number of aromatic nitrogens is 1. The Bertz CT molecular complexity index is 954. The van der Waals surface area contributed by atoms with E-state index in [1.165, 1.54) is 16.9 Å². The van der Waals surface area contributed by atoms with Crippen molar-refractivity contribution in [3.05, 3.63) is 83.0 Å². The summed E-state index contributed by atoms with van der Waals surface area (Å²) in [5.74, 6) is 0. The minimum Gasteiger partial charge on any atom is -0.265 e. The fraction of sp³-hybridized carbons (Fsp3) is 0.211. The van der Waals surface area contributed by atoms with E-state index >= 15 is 0 Å². The fourth-order valence-corrected chi connectivity index (χ4v) is 6.12. The summed E-state index contributed by atoms with van der Waals surface area (Å²) in [5.41, 5.74) is 3.42.